The molecular formula is C38H49N7O5. The number of hydrogen-bond acceptors (Lipinski definition) is 7. The Morgan fingerprint density at radius 1 is 0.980 bits per heavy atom. The summed E-state index contributed by atoms with van der Waals surface area (Å²) in [5.41, 5.74) is 2.19. The molecule has 2 aromatic rings. The number of amides is 5. The van der Waals surface area contributed by atoms with Crippen LogP contribution >= 0.6 is 0 Å². The lowest BCUT2D eigenvalue weighted by Crippen LogP contribution is -2.59. The summed E-state index contributed by atoms with van der Waals surface area (Å²) in [6, 6.07) is 12.0. The Hall–Kier alpha value is -4.74. The van der Waals surface area contributed by atoms with E-state index in [9.17, 15) is 24.4 Å². The van der Waals surface area contributed by atoms with E-state index in [2.05, 4.69) is 54.1 Å². The predicted octanol–water partition coefficient (Wildman–Crippen LogP) is 5.07. The summed E-state index contributed by atoms with van der Waals surface area (Å²) < 4.78 is 0. The van der Waals surface area contributed by atoms with Gasteiger partial charge in [0.25, 0.3) is 11.8 Å². The summed E-state index contributed by atoms with van der Waals surface area (Å²) in [6.07, 6.45) is 4.52. The first-order chi connectivity index (χ1) is 23.8. The van der Waals surface area contributed by atoms with Crippen molar-refractivity contribution in [1.29, 1.82) is 5.41 Å². The number of oxime groups is 1. The van der Waals surface area contributed by atoms with Crippen LogP contribution in [0.3, 0.4) is 0 Å². The first-order valence-electron chi connectivity index (χ1n) is 17.8. The minimum absolute atomic E-state index is 0.0630. The number of hydrogen-bond donors (Lipinski definition) is 6. The van der Waals surface area contributed by atoms with Crippen LogP contribution in [0.4, 0.5) is 16.2 Å². The molecular weight excluding hydrogens is 634 g/mol. The second kappa shape index (κ2) is 13.9. The van der Waals surface area contributed by atoms with Crippen molar-refractivity contribution >= 4 is 46.6 Å². The topological polar surface area (TPSA) is 176 Å². The molecule has 2 saturated carbocycles. The third kappa shape index (κ3) is 6.97. The quantitative estimate of drug-likeness (QED) is 0.0981. The summed E-state index contributed by atoms with van der Waals surface area (Å²) in [4.78, 5) is 56.8. The van der Waals surface area contributed by atoms with Gasteiger partial charge in [-0.05, 0) is 97.1 Å². The normalized spacial score (nSPS) is 22.4. The summed E-state index contributed by atoms with van der Waals surface area (Å²) in [5.74, 6) is -0.471. The van der Waals surface area contributed by atoms with Crippen LogP contribution in [0, 0.1) is 29.1 Å². The highest BCUT2D eigenvalue weighted by atomic mass is 16.4. The van der Waals surface area contributed by atoms with Crippen molar-refractivity contribution in [2.75, 3.05) is 17.2 Å². The van der Waals surface area contributed by atoms with Crippen LogP contribution in [-0.4, -0.2) is 69.5 Å². The molecule has 0 spiro atoms. The van der Waals surface area contributed by atoms with Crippen LogP contribution in [0.2, 0.25) is 0 Å². The predicted molar refractivity (Wildman–Crippen MR) is 192 cm³/mol. The zero-order chi connectivity index (χ0) is 35.9. The molecule has 1 unspecified atom stereocenters. The van der Waals surface area contributed by atoms with Crippen LogP contribution in [0.15, 0.2) is 47.6 Å². The fourth-order valence-electron chi connectivity index (χ4n) is 7.82. The Morgan fingerprint density at radius 2 is 1.64 bits per heavy atom. The molecule has 12 nitrogen and oxygen atoms in total. The van der Waals surface area contributed by atoms with Crippen molar-refractivity contribution in [3.05, 3.63) is 59.2 Å². The number of benzene rings is 2. The molecule has 4 aliphatic rings. The van der Waals surface area contributed by atoms with Crippen molar-refractivity contribution in [3.63, 3.8) is 0 Å². The van der Waals surface area contributed by atoms with Gasteiger partial charge in [0.1, 0.15) is 11.6 Å². The van der Waals surface area contributed by atoms with E-state index in [-0.39, 0.29) is 53.8 Å². The van der Waals surface area contributed by atoms with Gasteiger partial charge in [-0.2, -0.15) is 0 Å². The van der Waals surface area contributed by atoms with Crippen LogP contribution in [-0.2, 0) is 27.2 Å². The lowest BCUT2D eigenvalue weighted by atomic mass is 9.88. The zero-order valence-corrected chi connectivity index (χ0v) is 29.5. The molecule has 3 fully saturated rings. The number of nitrogens with zero attached hydrogens (tertiary/aromatic N) is 2. The Kier molecular flexibility index (Phi) is 9.74. The van der Waals surface area contributed by atoms with E-state index in [1.807, 2.05) is 36.4 Å². The summed E-state index contributed by atoms with van der Waals surface area (Å²) in [5, 5.41) is 32.3. The van der Waals surface area contributed by atoms with E-state index in [0.717, 1.165) is 48.1 Å². The standard InChI is InChI=1S/C38H49N7O5/c1-20(2)28-8-6-7-9-29(28)41-36(48)38(45-19-30(21(3)4)42-37(45)49)17-25-14-15-27(16-26(25)18-38)40-35(47)33(31(23-10-11-23)24-12-13-24)43-34(46)32(44-50)22(5)39/h6-9,14-16,20-21,23-24,30-31,33,39,50H,10-13,17-19H2,1-5H3,(H,40,47)(H,41,48)(H,42,49)(H,43,46)/t30-,33-,38?/m0/s1. The Morgan fingerprint density at radius 3 is 2.22 bits per heavy atom. The molecule has 0 bridgehead atoms. The lowest BCUT2D eigenvalue weighted by molar-refractivity contribution is -0.125. The van der Waals surface area contributed by atoms with Gasteiger partial charge in [0.05, 0.1) is 11.8 Å². The molecule has 266 valence electrons. The number of anilines is 2. The van der Waals surface area contributed by atoms with Gasteiger partial charge in [0.15, 0.2) is 5.71 Å². The highest BCUT2D eigenvalue weighted by Gasteiger charge is 2.54. The molecule has 6 N–H and O–H groups in total. The maximum atomic E-state index is 14.5. The van der Waals surface area contributed by atoms with Crippen LogP contribution in [0.5, 0.6) is 0 Å². The van der Waals surface area contributed by atoms with Crippen LogP contribution in [0.25, 0.3) is 0 Å². The molecule has 1 saturated heterocycles. The number of rotatable bonds is 13. The maximum Gasteiger partial charge on any atom is 0.318 e. The summed E-state index contributed by atoms with van der Waals surface area (Å²) in [7, 11) is 0. The summed E-state index contributed by atoms with van der Waals surface area (Å²) >= 11 is 0. The molecule has 3 atom stereocenters. The van der Waals surface area contributed by atoms with Gasteiger partial charge in [-0.3, -0.25) is 14.4 Å². The highest BCUT2D eigenvalue weighted by Crippen LogP contribution is 2.51. The molecule has 5 amide bonds. The molecule has 0 aromatic heterocycles. The van der Waals surface area contributed by atoms with Crippen LogP contribution in [0.1, 0.15) is 82.9 Å². The Labute approximate surface area is 293 Å². The minimum atomic E-state index is -1.19. The zero-order valence-electron chi connectivity index (χ0n) is 29.5. The first kappa shape index (κ1) is 35.1. The second-order valence-corrected chi connectivity index (χ2v) is 15.2. The average Bonchev–Trinajstić information content (AvgIpc) is 4.00. The van der Waals surface area contributed by atoms with E-state index in [1.54, 1.807) is 11.0 Å². The molecule has 50 heavy (non-hydrogen) atoms. The van der Waals surface area contributed by atoms with Crippen molar-refractivity contribution in [2.45, 2.75) is 96.7 Å². The third-order valence-electron chi connectivity index (χ3n) is 10.9. The van der Waals surface area contributed by atoms with Crippen molar-refractivity contribution < 1.29 is 24.4 Å². The largest absolute Gasteiger partial charge is 0.410 e. The molecule has 12 heteroatoms. The van der Waals surface area contributed by atoms with E-state index < -0.39 is 23.2 Å². The average molecular weight is 684 g/mol. The Balaban J connectivity index is 1.28. The van der Waals surface area contributed by atoms with E-state index in [1.165, 1.54) is 6.92 Å². The van der Waals surface area contributed by atoms with Crippen LogP contribution < -0.4 is 21.3 Å². The van der Waals surface area contributed by atoms with Gasteiger partial charge in [0.2, 0.25) is 5.91 Å². The monoisotopic (exact) mass is 683 g/mol. The minimum Gasteiger partial charge on any atom is -0.410 e. The fourth-order valence-corrected chi connectivity index (χ4v) is 7.82. The van der Waals surface area contributed by atoms with E-state index >= 15 is 0 Å². The number of para-hydroxylation sites is 1. The fraction of sp³-hybridized carbons (Fsp3) is 0.526. The second-order valence-electron chi connectivity index (χ2n) is 15.2. The van der Waals surface area contributed by atoms with Gasteiger partial charge < -0.3 is 36.8 Å². The lowest BCUT2D eigenvalue weighted by Gasteiger charge is -2.37. The number of carbonyl (C=O) groups is 4. The van der Waals surface area contributed by atoms with Crippen molar-refractivity contribution in [3.8, 4) is 0 Å². The van der Waals surface area contributed by atoms with Gasteiger partial charge in [-0.1, -0.05) is 57.1 Å². The molecule has 1 aliphatic heterocycles. The van der Waals surface area contributed by atoms with Gasteiger partial charge in [-0.25, -0.2) is 4.79 Å². The number of urea groups is 1. The third-order valence-corrected chi connectivity index (χ3v) is 10.9. The molecule has 3 aliphatic carbocycles. The summed E-state index contributed by atoms with van der Waals surface area (Å²) in [6.45, 7) is 10.00. The SMILES string of the molecule is CC(=N)C(=NO)C(=O)N[C@H](C(=O)Nc1ccc2c(c1)CC(C(=O)Nc1ccccc1C(C)C)(N1C[C@@H](C(C)C)NC1=O)C2)C(C1CC1)C1CC1. The Bertz CT molecular complexity index is 1720. The highest BCUT2D eigenvalue weighted by molar-refractivity contribution is 6.65. The van der Waals surface area contributed by atoms with Crippen molar-refractivity contribution in [1.82, 2.24) is 15.5 Å². The van der Waals surface area contributed by atoms with Gasteiger partial charge in [-0.15, -0.1) is 0 Å². The van der Waals surface area contributed by atoms with E-state index in [0.29, 0.717) is 30.5 Å². The number of carbonyl (C=O) groups excluding carboxylic acids is 4. The molecule has 2 aromatic carbocycles. The molecule has 6 rings (SSSR count). The van der Waals surface area contributed by atoms with Gasteiger partial charge >= 0.3 is 6.03 Å². The van der Waals surface area contributed by atoms with E-state index in [4.69, 9.17) is 5.41 Å². The molecule has 1 heterocycles. The maximum absolute atomic E-state index is 14.5. The molecule has 0 radical (unpaired) electrons. The number of fused-ring (bicyclic) bond motifs is 1. The van der Waals surface area contributed by atoms with Crippen molar-refractivity contribution in [2.24, 2.45) is 28.8 Å². The van der Waals surface area contributed by atoms with Gasteiger partial charge in [0, 0.05) is 30.8 Å². The first-order valence-corrected chi connectivity index (χ1v) is 17.8. The number of nitrogens with one attached hydrogen (secondary N) is 5. The smallest absolute Gasteiger partial charge is 0.318 e.